The summed E-state index contributed by atoms with van der Waals surface area (Å²) in [5.74, 6) is -1.79. The maximum atomic E-state index is 13.6. The summed E-state index contributed by atoms with van der Waals surface area (Å²) >= 11 is 17.9. The molecule has 2 aromatic carbocycles. The van der Waals surface area contributed by atoms with E-state index in [1.165, 1.54) is 11.0 Å². The molecule has 2 aromatic rings. The van der Waals surface area contributed by atoms with Gasteiger partial charge in [0.25, 0.3) is 0 Å². The second kappa shape index (κ2) is 12.3. The van der Waals surface area contributed by atoms with Gasteiger partial charge in [0.2, 0.25) is 21.8 Å². The zero-order chi connectivity index (χ0) is 26.5. The Hall–Kier alpha value is -2.07. The third kappa shape index (κ3) is 7.96. The van der Waals surface area contributed by atoms with Crippen molar-refractivity contribution in [3.05, 3.63) is 62.8 Å². The molecule has 0 aromatic heterocycles. The first-order valence-corrected chi connectivity index (χ1v) is 13.7. The third-order valence-electron chi connectivity index (χ3n) is 5.38. The fourth-order valence-electron chi connectivity index (χ4n) is 3.14. The van der Waals surface area contributed by atoms with E-state index in [4.69, 9.17) is 34.8 Å². The van der Waals surface area contributed by atoms with Gasteiger partial charge in [0.15, 0.2) is 0 Å². The third-order valence-corrected chi connectivity index (χ3v) is 7.54. The topological polar surface area (TPSA) is 86.8 Å². The molecule has 0 aliphatic carbocycles. The van der Waals surface area contributed by atoms with Gasteiger partial charge in [-0.25, -0.2) is 12.8 Å². The van der Waals surface area contributed by atoms with Crippen molar-refractivity contribution in [1.29, 1.82) is 0 Å². The van der Waals surface area contributed by atoms with E-state index in [-0.39, 0.29) is 28.3 Å². The molecule has 12 heteroatoms. The Bertz CT molecular complexity index is 1200. The predicted octanol–water partition coefficient (Wildman–Crippen LogP) is 4.88. The number of carbonyl (C=O) groups is 2. The zero-order valence-corrected chi connectivity index (χ0v) is 22.8. The van der Waals surface area contributed by atoms with Gasteiger partial charge in [0.1, 0.15) is 18.4 Å². The van der Waals surface area contributed by atoms with Crippen molar-refractivity contribution in [1.82, 2.24) is 10.2 Å². The van der Waals surface area contributed by atoms with E-state index in [2.05, 4.69) is 5.32 Å². The van der Waals surface area contributed by atoms with Crippen LogP contribution in [0, 0.1) is 5.82 Å². The molecule has 0 fully saturated rings. The normalized spacial score (nSPS) is 13.1. The van der Waals surface area contributed by atoms with Crippen LogP contribution >= 0.6 is 34.8 Å². The molecular formula is C23H27Cl3FN3O4S. The van der Waals surface area contributed by atoms with Gasteiger partial charge in [-0.05, 0) is 56.2 Å². The Balaban J connectivity index is 2.43. The molecule has 0 bridgehead atoms. The van der Waals surface area contributed by atoms with Gasteiger partial charge in [-0.3, -0.25) is 13.9 Å². The number of rotatable bonds is 10. The van der Waals surface area contributed by atoms with E-state index in [0.717, 1.165) is 22.7 Å². The fourth-order valence-corrected chi connectivity index (χ4v) is 4.47. The minimum atomic E-state index is -3.96. The van der Waals surface area contributed by atoms with Gasteiger partial charge < -0.3 is 10.2 Å². The maximum absolute atomic E-state index is 13.6. The van der Waals surface area contributed by atoms with Crippen LogP contribution in [0.25, 0.3) is 0 Å². The first-order valence-electron chi connectivity index (χ1n) is 10.7. The SMILES string of the molecule is CC[C@H](C)NC(=O)[C@@H](C)N(Cc1ccc(Cl)c(Cl)c1)C(=O)CN(c1ccc(F)c(Cl)c1)S(C)(=O)=O. The average molecular weight is 567 g/mol. The van der Waals surface area contributed by atoms with Gasteiger partial charge in [-0.15, -0.1) is 0 Å². The van der Waals surface area contributed by atoms with E-state index in [1.54, 1.807) is 25.1 Å². The van der Waals surface area contributed by atoms with Crippen molar-refractivity contribution in [3.8, 4) is 0 Å². The number of sulfonamides is 1. The molecule has 0 unspecified atom stereocenters. The Morgan fingerprint density at radius 2 is 1.69 bits per heavy atom. The van der Waals surface area contributed by atoms with Crippen molar-refractivity contribution in [2.75, 3.05) is 17.1 Å². The molecule has 0 saturated carbocycles. The van der Waals surface area contributed by atoms with Crippen molar-refractivity contribution < 1.29 is 22.4 Å². The van der Waals surface area contributed by atoms with Crippen LogP contribution in [0.2, 0.25) is 15.1 Å². The number of nitrogens with one attached hydrogen (secondary N) is 1. The molecule has 7 nitrogen and oxygen atoms in total. The molecule has 0 aliphatic rings. The molecular weight excluding hydrogens is 540 g/mol. The van der Waals surface area contributed by atoms with Gasteiger partial charge in [0.05, 0.1) is 27.0 Å². The van der Waals surface area contributed by atoms with Gasteiger partial charge in [-0.2, -0.15) is 0 Å². The van der Waals surface area contributed by atoms with Gasteiger partial charge >= 0.3 is 0 Å². The first kappa shape index (κ1) is 29.2. The summed E-state index contributed by atoms with van der Waals surface area (Å²) < 4.78 is 39.5. The molecule has 0 radical (unpaired) electrons. The Morgan fingerprint density at radius 1 is 1.03 bits per heavy atom. The van der Waals surface area contributed by atoms with Crippen LogP contribution in [0.1, 0.15) is 32.8 Å². The van der Waals surface area contributed by atoms with E-state index < -0.39 is 40.2 Å². The fraction of sp³-hybridized carbons (Fsp3) is 0.391. The summed E-state index contributed by atoms with van der Waals surface area (Å²) in [6.45, 7) is 4.62. The molecule has 1 N–H and O–H groups in total. The van der Waals surface area contributed by atoms with Crippen LogP contribution in [0.5, 0.6) is 0 Å². The molecule has 0 heterocycles. The van der Waals surface area contributed by atoms with E-state index >= 15 is 0 Å². The minimum Gasteiger partial charge on any atom is -0.352 e. The lowest BCUT2D eigenvalue weighted by Crippen LogP contribution is -2.52. The Labute approximate surface area is 220 Å². The Morgan fingerprint density at radius 3 is 2.23 bits per heavy atom. The average Bonchev–Trinajstić information content (AvgIpc) is 2.78. The highest BCUT2D eigenvalue weighted by molar-refractivity contribution is 7.92. The molecule has 0 saturated heterocycles. The molecule has 35 heavy (non-hydrogen) atoms. The summed E-state index contributed by atoms with van der Waals surface area (Å²) in [6, 6.07) is 7.06. The second-order valence-corrected chi connectivity index (χ2v) is 11.3. The van der Waals surface area contributed by atoms with Crippen molar-refractivity contribution in [3.63, 3.8) is 0 Å². The summed E-state index contributed by atoms with van der Waals surface area (Å²) in [4.78, 5) is 27.6. The van der Waals surface area contributed by atoms with E-state index in [1.807, 2.05) is 13.8 Å². The van der Waals surface area contributed by atoms with Crippen LogP contribution < -0.4 is 9.62 Å². The molecule has 2 amide bonds. The lowest BCUT2D eigenvalue weighted by atomic mass is 10.1. The summed E-state index contributed by atoms with van der Waals surface area (Å²) in [5, 5.41) is 3.13. The van der Waals surface area contributed by atoms with Crippen molar-refractivity contribution >= 4 is 62.3 Å². The second-order valence-electron chi connectivity index (χ2n) is 8.13. The number of amides is 2. The standard InChI is InChI=1S/C23H27Cl3FN3O4S/c1-5-14(2)28-23(32)15(3)29(12-16-6-8-18(24)19(25)10-16)22(31)13-30(35(4,33)34)17-7-9-21(27)20(26)11-17/h6-11,14-15H,5,12-13H2,1-4H3,(H,28,32)/t14-,15+/m0/s1. The number of carbonyl (C=O) groups excluding carboxylic acids is 2. The number of hydrogen-bond acceptors (Lipinski definition) is 4. The van der Waals surface area contributed by atoms with Crippen LogP contribution in [-0.2, 0) is 26.2 Å². The van der Waals surface area contributed by atoms with Gasteiger partial charge in [-0.1, -0.05) is 47.8 Å². The van der Waals surface area contributed by atoms with E-state index in [0.29, 0.717) is 17.0 Å². The molecule has 2 rings (SSSR count). The minimum absolute atomic E-state index is 0.0125. The number of nitrogens with zero attached hydrogens (tertiary/aromatic N) is 2. The van der Waals surface area contributed by atoms with Crippen LogP contribution in [0.4, 0.5) is 10.1 Å². The highest BCUT2D eigenvalue weighted by Crippen LogP contribution is 2.26. The predicted molar refractivity (Wildman–Crippen MR) is 138 cm³/mol. The lowest BCUT2D eigenvalue weighted by Gasteiger charge is -2.32. The number of benzene rings is 2. The summed E-state index contributed by atoms with van der Waals surface area (Å²) in [6.07, 6.45) is 1.60. The molecule has 0 aliphatic heterocycles. The number of hydrogen-bond donors (Lipinski definition) is 1. The summed E-state index contributed by atoms with van der Waals surface area (Å²) in [7, 11) is -3.96. The lowest BCUT2D eigenvalue weighted by molar-refractivity contribution is -0.139. The number of anilines is 1. The molecule has 2 atom stereocenters. The monoisotopic (exact) mass is 565 g/mol. The molecule has 0 spiro atoms. The zero-order valence-electron chi connectivity index (χ0n) is 19.7. The number of halogens is 4. The highest BCUT2D eigenvalue weighted by Gasteiger charge is 2.30. The van der Waals surface area contributed by atoms with Crippen molar-refractivity contribution in [2.45, 2.75) is 45.8 Å². The van der Waals surface area contributed by atoms with Crippen LogP contribution in [0.3, 0.4) is 0 Å². The van der Waals surface area contributed by atoms with Crippen molar-refractivity contribution in [2.24, 2.45) is 0 Å². The highest BCUT2D eigenvalue weighted by atomic mass is 35.5. The quantitative estimate of drug-likeness (QED) is 0.444. The van der Waals surface area contributed by atoms with Crippen LogP contribution in [0.15, 0.2) is 36.4 Å². The van der Waals surface area contributed by atoms with E-state index in [9.17, 15) is 22.4 Å². The van der Waals surface area contributed by atoms with Gasteiger partial charge in [0, 0.05) is 12.6 Å². The van der Waals surface area contributed by atoms with Crippen LogP contribution in [-0.4, -0.2) is 50.0 Å². The Kier molecular flexibility index (Phi) is 10.2. The molecule has 192 valence electrons. The largest absolute Gasteiger partial charge is 0.352 e. The smallest absolute Gasteiger partial charge is 0.244 e. The first-order chi connectivity index (χ1) is 16.2. The summed E-state index contributed by atoms with van der Waals surface area (Å²) in [5.41, 5.74) is 0.602. The maximum Gasteiger partial charge on any atom is 0.244 e.